The van der Waals surface area contributed by atoms with E-state index in [0.29, 0.717) is 6.42 Å². The minimum atomic E-state index is -1.17. The third kappa shape index (κ3) is 13.9. The highest BCUT2D eigenvalue weighted by atomic mass is 16.4. The Morgan fingerprint density at radius 1 is 0.750 bits per heavy atom. The van der Waals surface area contributed by atoms with Gasteiger partial charge in [0.2, 0.25) is 0 Å². The van der Waals surface area contributed by atoms with Crippen molar-refractivity contribution in [2.24, 2.45) is 5.92 Å². The predicted molar refractivity (Wildman–Crippen MR) is 83.9 cm³/mol. The summed E-state index contributed by atoms with van der Waals surface area (Å²) in [6.07, 6.45) is 13.0. The molecule has 0 saturated heterocycles. The minimum absolute atomic E-state index is 0.394. The van der Waals surface area contributed by atoms with Crippen molar-refractivity contribution in [1.29, 1.82) is 0 Å². The Bertz CT molecular complexity index is 226. The first-order chi connectivity index (χ1) is 9.54. The van der Waals surface area contributed by atoms with E-state index in [9.17, 15) is 4.79 Å². The molecule has 1 atom stereocenters. The molecule has 0 saturated carbocycles. The number of carboxylic acids is 1. The molecule has 0 unspecified atom stereocenters. The number of unbranched alkanes of at least 4 members (excludes halogenated alkanes) is 9. The van der Waals surface area contributed by atoms with Crippen LogP contribution in [0.4, 0.5) is 0 Å². The lowest BCUT2D eigenvalue weighted by atomic mass is 10.0. The first kappa shape index (κ1) is 19.4. The lowest BCUT2D eigenvalue weighted by Gasteiger charge is -2.05. The lowest BCUT2D eigenvalue weighted by molar-refractivity contribution is -0.146. The number of aliphatic carboxylic acids is 1. The molecule has 2 N–H and O–H groups in total. The van der Waals surface area contributed by atoms with Gasteiger partial charge in [-0.3, -0.25) is 0 Å². The maximum absolute atomic E-state index is 10.4. The molecule has 0 aromatic heterocycles. The average Bonchev–Trinajstić information content (AvgIpc) is 2.39. The van der Waals surface area contributed by atoms with Crippen LogP contribution >= 0.6 is 0 Å². The van der Waals surface area contributed by atoms with Gasteiger partial charge >= 0.3 is 5.97 Å². The molecule has 0 aliphatic heterocycles. The van der Waals surface area contributed by atoms with E-state index in [4.69, 9.17) is 10.2 Å². The summed E-state index contributed by atoms with van der Waals surface area (Å²) in [5, 5.41) is 17.6. The van der Waals surface area contributed by atoms with Crippen LogP contribution in [0, 0.1) is 5.92 Å². The summed E-state index contributed by atoms with van der Waals surface area (Å²) >= 11 is 0. The smallest absolute Gasteiger partial charge is 0.332 e. The Balaban J connectivity index is 3.08. The van der Waals surface area contributed by atoms with Crippen LogP contribution in [0.3, 0.4) is 0 Å². The minimum Gasteiger partial charge on any atom is -0.479 e. The number of hydrogen-bond donors (Lipinski definition) is 2. The molecule has 0 heterocycles. The quantitative estimate of drug-likeness (QED) is 0.452. The summed E-state index contributed by atoms with van der Waals surface area (Å²) in [5.74, 6) is -0.253. The number of carbonyl (C=O) groups is 1. The molecule has 3 nitrogen and oxygen atoms in total. The highest BCUT2D eigenvalue weighted by Gasteiger charge is 2.11. The van der Waals surface area contributed by atoms with Gasteiger partial charge in [0, 0.05) is 0 Å². The van der Waals surface area contributed by atoms with Gasteiger partial charge in [0.15, 0.2) is 6.10 Å². The van der Waals surface area contributed by atoms with Crippen molar-refractivity contribution in [2.45, 2.75) is 97.0 Å². The Hall–Kier alpha value is -0.570. The SMILES string of the molecule is CC(C)CCCCCCCCCCCC[C@H](O)C(=O)O. The van der Waals surface area contributed by atoms with Gasteiger partial charge in [0.05, 0.1) is 0 Å². The summed E-state index contributed by atoms with van der Waals surface area (Å²) in [7, 11) is 0. The van der Waals surface area contributed by atoms with Gasteiger partial charge in [-0.2, -0.15) is 0 Å². The zero-order valence-corrected chi connectivity index (χ0v) is 13.4. The summed E-state index contributed by atoms with van der Waals surface area (Å²) in [4.78, 5) is 10.4. The molecule has 0 fully saturated rings. The van der Waals surface area contributed by atoms with Crippen LogP contribution in [-0.2, 0) is 4.79 Å². The number of aliphatic hydroxyl groups excluding tert-OH is 1. The van der Waals surface area contributed by atoms with Gasteiger partial charge in [-0.25, -0.2) is 4.79 Å². The van der Waals surface area contributed by atoms with Gasteiger partial charge < -0.3 is 10.2 Å². The van der Waals surface area contributed by atoms with E-state index < -0.39 is 12.1 Å². The second kappa shape index (κ2) is 13.4. The molecule has 0 rings (SSSR count). The van der Waals surface area contributed by atoms with Crippen LogP contribution in [0.15, 0.2) is 0 Å². The highest BCUT2D eigenvalue weighted by molar-refractivity contribution is 5.71. The molecule has 0 aliphatic carbocycles. The van der Waals surface area contributed by atoms with E-state index in [-0.39, 0.29) is 0 Å². The zero-order chi connectivity index (χ0) is 15.2. The average molecular weight is 286 g/mol. The topological polar surface area (TPSA) is 57.5 Å². The van der Waals surface area contributed by atoms with Crippen molar-refractivity contribution < 1.29 is 15.0 Å². The summed E-state index contributed by atoms with van der Waals surface area (Å²) in [5.41, 5.74) is 0. The molecule has 0 radical (unpaired) electrons. The maximum Gasteiger partial charge on any atom is 0.332 e. The molecular weight excluding hydrogens is 252 g/mol. The fourth-order valence-corrected chi connectivity index (χ4v) is 2.43. The van der Waals surface area contributed by atoms with Crippen molar-refractivity contribution in [3.63, 3.8) is 0 Å². The Labute approximate surface area is 124 Å². The van der Waals surface area contributed by atoms with Gasteiger partial charge in [0.1, 0.15) is 0 Å². The van der Waals surface area contributed by atoms with Gasteiger partial charge in [-0.15, -0.1) is 0 Å². The highest BCUT2D eigenvalue weighted by Crippen LogP contribution is 2.14. The Morgan fingerprint density at radius 2 is 1.10 bits per heavy atom. The van der Waals surface area contributed by atoms with E-state index in [2.05, 4.69) is 13.8 Å². The summed E-state index contributed by atoms with van der Waals surface area (Å²) in [6, 6.07) is 0. The van der Waals surface area contributed by atoms with Crippen LogP contribution in [0.25, 0.3) is 0 Å². The van der Waals surface area contributed by atoms with Gasteiger partial charge in [-0.1, -0.05) is 84.5 Å². The number of carboxylic acid groups (broad SMARTS) is 1. The van der Waals surface area contributed by atoms with Gasteiger partial charge in [-0.05, 0) is 12.3 Å². The van der Waals surface area contributed by atoms with Crippen LogP contribution in [0.1, 0.15) is 90.9 Å². The van der Waals surface area contributed by atoms with Crippen molar-refractivity contribution in [3.05, 3.63) is 0 Å². The van der Waals surface area contributed by atoms with E-state index in [1.807, 2.05) is 0 Å². The zero-order valence-electron chi connectivity index (χ0n) is 13.4. The molecule has 0 amide bonds. The number of hydrogen-bond acceptors (Lipinski definition) is 2. The van der Waals surface area contributed by atoms with Crippen molar-refractivity contribution in [2.75, 3.05) is 0 Å². The molecule has 0 bridgehead atoms. The lowest BCUT2D eigenvalue weighted by Crippen LogP contribution is -2.18. The number of rotatable bonds is 14. The normalized spacial score (nSPS) is 12.8. The third-order valence-electron chi connectivity index (χ3n) is 3.79. The Kier molecular flexibility index (Phi) is 13.0. The molecule has 0 aromatic carbocycles. The van der Waals surface area contributed by atoms with E-state index in [1.54, 1.807) is 0 Å². The van der Waals surface area contributed by atoms with Crippen LogP contribution in [0.2, 0.25) is 0 Å². The second-order valence-corrected chi connectivity index (χ2v) is 6.36. The standard InChI is InChI=1S/C17H34O3/c1-15(2)13-11-9-7-5-3-4-6-8-10-12-14-16(18)17(19)20/h15-16,18H,3-14H2,1-2H3,(H,19,20)/t16-/m0/s1. The molecule has 0 spiro atoms. The fraction of sp³-hybridized carbons (Fsp3) is 0.941. The van der Waals surface area contributed by atoms with E-state index in [0.717, 1.165) is 18.8 Å². The Morgan fingerprint density at radius 3 is 1.45 bits per heavy atom. The summed E-state index contributed by atoms with van der Waals surface area (Å²) in [6.45, 7) is 4.57. The van der Waals surface area contributed by atoms with Crippen molar-refractivity contribution in [3.8, 4) is 0 Å². The monoisotopic (exact) mass is 286 g/mol. The first-order valence-electron chi connectivity index (χ1n) is 8.45. The number of aliphatic hydroxyl groups is 1. The largest absolute Gasteiger partial charge is 0.479 e. The molecular formula is C17H34O3. The molecule has 120 valence electrons. The molecule has 20 heavy (non-hydrogen) atoms. The van der Waals surface area contributed by atoms with Crippen LogP contribution in [0.5, 0.6) is 0 Å². The van der Waals surface area contributed by atoms with E-state index >= 15 is 0 Å². The maximum atomic E-state index is 10.4. The van der Waals surface area contributed by atoms with Crippen LogP contribution in [-0.4, -0.2) is 22.3 Å². The molecule has 0 aromatic rings. The predicted octanol–water partition coefficient (Wildman–Crippen LogP) is 4.77. The fourth-order valence-electron chi connectivity index (χ4n) is 2.43. The summed E-state index contributed by atoms with van der Waals surface area (Å²) < 4.78 is 0. The van der Waals surface area contributed by atoms with Crippen molar-refractivity contribution in [1.82, 2.24) is 0 Å². The first-order valence-corrected chi connectivity index (χ1v) is 8.45. The second-order valence-electron chi connectivity index (χ2n) is 6.36. The van der Waals surface area contributed by atoms with E-state index in [1.165, 1.54) is 57.8 Å². The van der Waals surface area contributed by atoms with Crippen molar-refractivity contribution >= 4 is 5.97 Å². The van der Waals surface area contributed by atoms with Crippen LogP contribution < -0.4 is 0 Å². The van der Waals surface area contributed by atoms with Gasteiger partial charge in [0.25, 0.3) is 0 Å². The molecule has 3 heteroatoms. The third-order valence-corrected chi connectivity index (χ3v) is 3.79. The molecule has 0 aliphatic rings.